The van der Waals surface area contributed by atoms with Crippen molar-refractivity contribution in [3.63, 3.8) is 0 Å². The third-order valence-electron chi connectivity index (χ3n) is 2.12. The van der Waals surface area contributed by atoms with E-state index in [0.29, 0.717) is 10.4 Å². The number of aromatic nitrogens is 1. The topological polar surface area (TPSA) is 91.7 Å². The van der Waals surface area contributed by atoms with Gasteiger partial charge in [0.25, 0.3) is 5.91 Å². The Kier molecular flexibility index (Phi) is 3.99. The minimum atomic E-state index is -0.982. The van der Waals surface area contributed by atoms with E-state index in [1.165, 1.54) is 18.5 Å². The lowest BCUT2D eigenvalue weighted by molar-refractivity contribution is 0.0702. The van der Waals surface area contributed by atoms with E-state index < -0.39 is 5.97 Å². The molecule has 0 saturated carbocycles. The molecule has 2 rings (SSSR count). The van der Waals surface area contributed by atoms with E-state index in [0.717, 1.165) is 11.3 Å². The second kappa shape index (κ2) is 5.87. The van der Waals surface area contributed by atoms with Gasteiger partial charge < -0.3 is 5.11 Å². The molecule has 0 bridgehead atoms. The molecule has 0 aromatic carbocycles. The molecular weight excluding hydrogens is 266 g/mol. The van der Waals surface area contributed by atoms with Crippen molar-refractivity contribution in [1.82, 2.24) is 10.4 Å². The van der Waals surface area contributed by atoms with E-state index in [9.17, 15) is 9.59 Å². The van der Waals surface area contributed by atoms with Crippen LogP contribution in [-0.2, 0) is 0 Å². The van der Waals surface area contributed by atoms with Gasteiger partial charge in [-0.05, 0) is 24.3 Å². The Bertz CT molecular complexity index is 622. The molecule has 1 amide bonds. The number of pyridine rings is 1. The van der Waals surface area contributed by atoms with Crippen LogP contribution in [0.15, 0.2) is 41.8 Å². The number of carbonyl (C=O) groups excluding carboxylic acids is 1. The van der Waals surface area contributed by atoms with Crippen LogP contribution in [0.4, 0.5) is 0 Å². The first-order valence-corrected chi connectivity index (χ1v) is 6.05. The van der Waals surface area contributed by atoms with Crippen LogP contribution in [0.1, 0.15) is 24.9 Å². The molecule has 0 spiro atoms. The average molecular weight is 275 g/mol. The molecule has 7 heteroatoms. The quantitative estimate of drug-likeness (QED) is 0.655. The zero-order valence-corrected chi connectivity index (χ0v) is 10.4. The molecule has 2 N–H and O–H groups in total. The number of rotatable bonds is 4. The molecule has 0 fully saturated rings. The zero-order chi connectivity index (χ0) is 13.7. The molecule has 2 aromatic heterocycles. The Morgan fingerprint density at radius 2 is 2.21 bits per heavy atom. The molecule has 19 heavy (non-hydrogen) atoms. The maximum atomic E-state index is 11.6. The van der Waals surface area contributed by atoms with Gasteiger partial charge in [-0.2, -0.15) is 5.10 Å². The Labute approximate surface area is 112 Å². The Balaban J connectivity index is 1.96. The molecule has 6 nitrogen and oxygen atoms in total. The molecule has 2 aromatic rings. The zero-order valence-electron chi connectivity index (χ0n) is 9.61. The third-order valence-corrected chi connectivity index (χ3v) is 3.13. The van der Waals surface area contributed by atoms with Gasteiger partial charge in [-0.25, -0.2) is 10.2 Å². The summed E-state index contributed by atoms with van der Waals surface area (Å²) >= 11 is 1.08. The molecule has 96 valence electrons. The summed E-state index contributed by atoms with van der Waals surface area (Å²) in [4.78, 5) is 26.9. The predicted octanol–water partition coefficient (Wildman–Crippen LogP) is 1.61. The van der Waals surface area contributed by atoms with Crippen LogP contribution in [-0.4, -0.2) is 28.2 Å². The van der Waals surface area contributed by atoms with Crippen molar-refractivity contribution in [2.24, 2.45) is 5.10 Å². The highest BCUT2D eigenvalue weighted by atomic mass is 32.1. The van der Waals surface area contributed by atoms with Gasteiger partial charge in [0, 0.05) is 17.3 Å². The van der Waals surface area contributed by atoms with E-state index in [1.807, 2.05) is 0 Å². The van der Waals surface area contributed by atoms with Gasteiger partial charge in [-0.1, -0.05) is 0 Å². The lowest BCUT2D eigenvalue weighted by Crippen LogP contribution is -2.17. The maximum Gasteiger partial charge on any atom is 0.345 e. The van der Waals surface area contributed by atoms with E-state index in [1.54, 1.807) is 24.4 Å². The van der Waals surface area contributed by atoms with Crippen LogP contribution in [0.3, 0.4) is 0 Å². The number of thiophene rings is 1. The number of carboxylic acid groups (broad SMARTS) is 1. The van der Waals surface area contributed by atoms with Crippen LogP contribution >= 0.6 is 11.3 Å². The number of carboxylic acids is 1. The third kappa shape index (κ3) is 3.46. The van der Waals surface area contributed by atoms with Crippen LogP contribution in [0, 0.1) is 0 Å². The number of hydrogen-bond acceptors (Lipinski definition) is 5. The fraction of sp³-hybridized carbons (Fsp3) is 0. The summed E-state index contributed by atoms with van der Waals surface area (Å²) in [5.74, 6) is -1.36. The highest BCUT2D eigenvalue weighted by Gasteiger charge is 2.06. The first-order chi connectivity index (χ1) is 9.16. The van der Waals surface area contributed by atoms with Crippen molar-refractivity contribution in [2.75, 3.05) is 0 Å². The largest absolute Gasteiger partial charge is 0.477 e. The minimum Gasteiger partial charge on any atom is -0.477 e. The molecule has 0 aliphatic heterocycles. The highest BCUT2D eigenvalue weighted by molar-refractivity contribution is 7.15. The van der Waals surface area contributed by atoms with Gasteiger partial charge >= 0.3 is 5.97 Å². The maximum absolute atomic E-state index is 11.6. The van der Waals surface area contributed by atoms with Crippen molar-refractivity contribution < 1.29 is 14.7 Å². The second-order valence-electron chi connectivity index (χ2n) is 3.45. The standard InChI is InChI=1S/C12H9N3O3S/c16-11(8-2-1-5-13-6-8)15-14-7-9-3-4-10(19-9)12(17)18/h1-7H,(H,15,16)(H,17,18)/b14-7+. The van der Waals surface area contributed by atoms with Crippen LogP contribution in [0.2, 0.25) is 0 Å². The summed E-state index contributed by atoms with van der Waals surface area (Å²) in [5, 5.41) is 12.5. The number of hydrogen-bond donors (Lipinski definition) is 2. The fourth-order valence-corrected chi connectivity index (χ4v) is 1.97. The van der Waals surface area contributed by atoms with E-state index >= 15 is 0 Å². The second-order valence-corrected chi connectivity index (χ2v) is 4.56. The van der Waals surface area contributed by atoms with Crippen LogP contribution < -0.4 is 5.43 Å². The van der Waals surface area contributed by atoms with Crippen LogP contribution in [0.5, 0.6) is 0 Å². The lowest BCUT2D eigenvalue weighted by atomic mass is 10.3. The molecular formula is C12H9N3O3S. The highest BCUT2D eigenvalue weighted by Crippen LogP contribution is 2.14. The predicted molar refractivity (Wildman–Crippen MR) is 70.6 cm³/mol. The Morgan fingerprint density at radius 1 is 1.37 bits per heavy atom. The van der Waals surface area contributed by atoms with Gasteiger partial charge in [-0.15, -0.1) is 11.3 Å². The molecule has 0 atom stereocenters. The Morgan fingerprint density at radius 3 is 2.84 bits per heavy atom. The van der Waals surface area contributed by atoms with Crippen molar-refractivity contribution >= 4 is 29.4 Å². The van der Waals surface area contributed by atoms with Crippen LogP contribution in [0.25, 0.3) is 0 Å². The molecule has 0 aliphatic rings. The summed E-state index contributed by atoms with van der Waals surface area (Å²) in [6, 6.07) is 6.37. The first-order valence-electron chi connectivity index (χ1n) is 5.23. The Hall–Kier alpha value is -2.54. The summed E-state index contributed by atoms with van der Waals surface area (Å²) in [6.45, 7) is 0. The number of hydrazone groups is 1. The summed E-state index contributed by atoms with van der Waals surface area (Å²) in [7, 11) is 0. The van der Waals surface area contributed by atoms with Gasteiger partial charge in [0.2, 0.25) is 0 Å². The number of amides is 1. The van der Waals surface area contributed by atoms with Gasteiger partial charge in [0.05, 0.1) is 11.8 Å². The normalized spacial score (nSPS) is 10.5. The molecule has 0 saturated heterocycles. The van der Waals surface area contributed by atoms with Gasteiger partial charge in [0.1, 0.15) is 4.88 Å². The average Bonchev–Trinajstić information content (AvgIpc) is 2.89. The van der Waals surface area contributed by atoms with Gasteiger partial charge in [0.15, 0.2) is 0 Å². The minimum absolute atomic E-state index is 0.222. The smallest absolute Gasteiger partial charge is 0.345 e. The SMILES string of the molecule is O=C(N/N=C/c1ccc(C(=O)O)s1)c1cccnc1. The van der Waals surface area contributed by atoms with Crippen molar-refractivity contribution in [3.8, 4) is 0 Å². The molecule has 2 heterocycles. The number of nitrogens with one attached hydrogen (secondary N) is 1. The van der Waals surface area contributed by atoms with Crippen molar-refractivity contribution in [1.29, 1.82) is 0 Å². The van der Waals surface area contributed by atoms with E-state index in [-0.39, 0.29) is 10.8 Å². The molecule has 0 aliphatic carbocycles. The lowest BCUT2D eigenvalue weighted by Gasteiger charge is -1.97. The summed E-state index contributed by atoms with van der Waals surface area (Å²) in [5.41, 5.74) is 2.74. The number of aromatic carboxylic acids is 1. The number of carbonyl (C=O) groups is 2. The summed E-state index contributed by atoms with van der Waals surface area (Å²) < 4.78 is 0. The van der Waals surface area contributed by atoms with E-state index in [2.05, 4.69) is 15.5 Å². The fourth-order valence-electron chi connectivity index (χ4n) is 1.25. The van der Waals surface area contributed by atoms with Crippen molar-refractivity contribution in [2.45, 2.75) is 0 Å². The number of nitrogens with zero attached hydrogens (tertiary/aromatic N) is 2. The molecule has 0 radical (unpaired) electrons. The summed E-state index contributed by atoms with van der Waals surface area (Å²) in [6.07, 6.45) is 4.39. The first kappa shape index (κ1) is 12.9. The monoisotopic (exact) mass is 275 g/mol. The van der Waals surface area contributed by atoms with Crippen molar-refractivity contribution in [3.05, 3.63) is 52.0 Å². The van der Waals surface area contributed by atoms with E-state index in [4.69, 9.17) is 5.11 Å². The van der Waals surface area contributed by atoms with Gasteiger partial charge in [-0.3, -0.25) is 9.78 Å². The molecule has 0 unspecified atom stereocenters.